The Labute approximate surface area is 322 Å². The van der Waals surface area contributed by atoms with Crippen LogP contribution in [0.15, 0.2) is 207 Å². The number of hydrogen-bond donors (Lipinski definition) is 0. The highest BCUT2D eigenvalue weighted by molar-refractivity contribution is 6.22. The maximum atomic E-state index is 2.47. The van der Waals surface area contributed by atoms with Crippen LogP contribution >= 0.6 is 0 Å². The van der Waals surface area contributed by atoms with E-state index in [9.17, 15) is 0 Å². The monoisotopic (exact) mass is 714 g/mol. The second-order valence-electron chi connectivity index (χ2n) is 14.6. The zero-order chi connectivity index (χ0) is 36.7. The molecule has 0 fully saturated rings. The van der Waals surface area contributed by atoms with E-state index in [2.05, 4.69) is 225 Å². The first-order valence-corrected chi connectivity index (χ1v) is 19.2. The summed E-state index contributed by atoms with van der Waals surface area (Å²) in [6, 6.07) is 70.6. The maximum Gasteiger partial charge on any atom is 0.0628 e. The molecule has 0 saturated heterocycles. The molecule has 0 spiro atoms. The molecule has 262 valence electrons. The largest absolute Gasteiger partial charge is 0.316 e. The number of rotatable bonds is 5. The van der Waals surface area contributed by atoms with E-state index in [1.54, 1.807) is 0 Å². The molecular weight excluding hydrogens is 681 g/mol. The minimum atomic E-state index is 1.12. The summed E-state index contributed by atoms with van der Waals surface area (Å²) in [4.78, 5) is 0. The van der Waals surface area contributed by atoms with E-state index in [0.717, 1.165) is 28.3 Å². The van der Waals surface area contributed by atoms with Crippen molar-refractivity contribution in [1.82, 2.24) is 18.3 Å². The molecule has 12 rings (SSSR count). The number of benzene rings is 8. The summed E-state index contributed by atoms with van der Waals surface area (Å²) < 4.78 is 9.61. The number of aromatic nitrogens is 4. The van der Waals surface area contributed by atoms with Crippen molar-refractivity contribution in [1.29, 1.82) is 0 Å². The Morgan fingerprint density at radius 2 is 0.714 bits per heavy atom. The van der Waals surface area contributed by atoms with E-state index in [0.29, 0.717) is 0 Å². The molecule has 0 radical (unpaired) electrons. The van der Waals surface area contributed by atoms with Gasteiger partial charge in [-0.05, 0) is 90.0 Å². The fourth-order valence-electron chi connectivity index (χ4n) is 9.18. The van der Waals surface area contributed by atoms with Crippen molar-refractivity contribution in [2.24, 2.45) is 0 Å². The molecule has 0 unspecified atom stereocenters. The van der Waals surface area contributed by atoms with Gasteiger partial charge in [0.2, 0.25) is 0 Å². The second kappa shape index (κ2) is 12.0. The summed E-state index contributed by atoms with van der Waals surface area (Å²) in [5, 5.41) is 7.41. The van der Waals surface area contributed by atoms with E-state index in [1.807, 2.05) is 0 Å². The van der Waals surface area contributed by atoms with E-state index < -0.39 is 0 Å². The molecule has 4 heterocycles. The number of nitrogens with zero attached hydrogens (tertiary/aromatic N) is 4. The van der Waals surface area contributed by atoms with Crippen molar-refractivity contribution in [2.45, 2.75) is 0 Å². The summed E-state index contributed by atoms with van der Waals surface area (Å²) in [6.45, 7) is 0. The molecule has 0 aliphatic carbocycles. The minimum Gasteiger partial charge on any atom is -0.316 e. The van der Waals surface area contributed by atoms with Crippen LogP contribution in [0.25, 0.3) is 99.3 Å². The Hall–Kier alpha value is -7.56. The van der Waals surface area contributed by atoms with Crippen molar-refractivity contribution in [3.8, 4) is 33.9 Å². The van der Waals surface area contributed by atoms with Gasteiger partial charge in [-0.2, -0.15) is 0 Å². The zero-order valence-corrected chi connectivity index (χ0v) is 30.4. The van der Waals surface area contributed by atoms with Gasteiger partial charge in [0, 0.05) is 67.5 Å². The molecule has 0 bridgehead atoms. The van der Waals surface area contributed by atoms with Crippen molar-refractivity contribution in [3.63, 3.8) is 0 Å². The molecule has 4 aromatic heterocycles. The van der Waals surface area contributed by atoms with Gasteiger partial charge in [-0.15, -0.1) is 0 Å². The Morgan fingerprint density at radius 3 is 1.20 bits per heavy atom. The lowest BCUT2D eigenvalue weighted by Crippen LogP contribution is -2.00. The number of para-hydroxylation sites is 4. The van der Waals surface area contributed by atoms with Crippen LogP contribution in [-0.2, 0) is 0 Å². The average molecular weight is 715 g/mol. The molecular formula is C52H34N4. The summed E-state index contributed by atoms with van der Waals surface area (Å²) in [5.41, 5.74) is 14.0. The van der Waals surface area contributed by atoms with Crippen molar-refractivity contribution in [3.05, 3.63) is 207 Å². The summed E-state index contributed by atoms with van der Waals surface area (Å²) in [7, 11) is 0. The SMILES string of the molecule is c1ccc(-c2cc(-n3c4ccccc4c4c5c(ccc43)ccn5-c3ccccc3)cc(-n3c4ccccc4c4c5c(ccc43)ccn5-c3ccccc3)c2)cc1. The van der Waals surface area contributed by atoms with Gasteiger partial charge in [0.15, 0.2) is 0 Å². The van der Waals surface area contributed by atoms with Gasteiger partial charge in [-0.25, -0.2) is 0 Å². The first-order valence-electron chi connectivity index (χ1n) is 19.2. The van der Waals surface area contributed by atoms with Crippen LogP contribution in [0, 0.1) is 0 Å². The molecule has 8 aromatic carbocycles. The number of hydrogen-bond acceptors (Lipinski definition) is 0. The van der Waals surface area contributed by atoms with Crippen LogP contribution in [0.2, 0.25) is 0 Å². The fraction of sp³-hybridized carbons (Fsp3) is 0. The molecule has 0 atom stereocenters. The minimum absolute atomic E-state index is 1.12. The Bertz CT molecular complexity index is 3240. The molecule has 4 heteroatoms. The molecule has 12 aromatic rings. The molecule has 0 aliphatic heterocycles. The van der Waals surface area contributed by atoms with Gasteiger partial charge < -0.3 is 18.3 Å². The lowest BCUT2D eigenvalue weighted by atomic mass is 10.0. The topological polar surface area (TPSA) is 19.7 Å². The normalized spacial score (nSPS) is 11.9. The Balaban J connectivity index is 1.19. The van der Waals surface area contributed by atoms with Gasteiger partial charge in [0.1, 0.15) is 0 Å². The Kier molecular flexibility index (Phi) is 6.60. The average Bonchev–Trinajstić information content (AvgIpc) is 4.05. The summed E-state index contributed by atoms with van der Waals surface area (Å²) >= 11 is 0. The van der Waals surface area contributed by atoms with Crippen molar-refractivity contribution in [2.75, 3.05) is 0 Å². The van der Waals surface area contributed by atoms with Gasteiger partial charge in [-0.3, -0.25) is 0 Å². The van der Waals surface area contributed by atoms with Crippen LogP contribution < -0.4 is 0 Å². The van der Waals surface area contributed by atoms with Crippen molar-refractivity contribution < 1.29 is 0 Å². The highest BCUT2D eigenvalue weighted by atomic mass is 15.0. The fourth-order valence-corrected chi connectivity index (χ4v) is 9.18. The van der Waals surface area contributed by atoms with E-state index in [4.69, 9.17) is 0 Å². The predicted molar refractivity (Wildman–Crippen MR) is 234 cm³/mol. The predicted octanol–water partition coefficient (Wildman–Crippen LogP) is 13.4. The quantitative estimate of drug-likeness (QED) is 0.169. The van der Waals surface area contributed by atoms with Gasteiger partial charge >= 0.3 is 0 Å². The first kappa shape index (κ1) is 30.9. The first-order chi connectivity index (χ1) is 27.8. The molecule has 0 saturated carbocycles. The second-order valence-corrected chi connectivity index (χ2v) is 14.6. The maximum absolute atomic E-state index is 2.47. The van der Waals surface area contributed by atoms with Gasteiger partial charge in [-0.1, -0.05) is 115 Å². The van der Waals surface area contributed by atoms with Gasteiger partial charge in [0.05, 0.1) is 33.1 Å². The number of fused-ring (bicyclic) bond motifs is 10. The van der Waals surface area contributed by atoms with Gasteiger partial charge in [0.25, 0.3) is 0 Å². The van der Waals surface area contributed by atoms with Crippen LogP contribution in [-0.4, -0.2) is 18.3 Å². The third kappa shape index (κ3) is 4.47. The van der Waals surface area contributed by atoms with Crippen LogP contribution in [0.1, 0.15) is 0 Å². The lowest BCUT2D eigenvalue weighted by molar-refractivity contribution is 1.13. The van der Waals surface area contributed by atoms with Crippen LogP contribution in [0.3, 0.4) is 0 Å². The molecule has 56 heavy (non-hydrogen) atoms. The standard InChI is InChI=1S/C52H34N4/c1-4-14-35(15-5-1)38-32-41(55-45-22-12-10-20-43(45)49-47(55)26-24-36-28-30-53(51(36)49)39-16-6-2-7-17-39)34-42(33-38)56-46-23-13-11-21-44(46)50-48(56)27-25-37-29-31-54(52(37)50)40-18-8-3-9-19-40/h1-34H. The highest BCUT2D eigenvalue weighted by Crippen LogP contribution is 2.42. The zero-order valence-electron chi connectivity index (χ0n) is 30.4. The van der Waals surface area contributed by atoms with E-state index in [-0.39, 0.29) is 0 Å². The third-order valence-electron chi connectivity index (χ3n) is 11.6. The molecule has 0 aliphatic rings. The highest BCUT2D eigenvalue weighted by Gasteiger charge is 2.21. The molecule has 0 N–H and O–H groups in total. The van der Waals surface area contributed by atoms with Crippen LogP contribution in [0.5, 0.6) is 0 Å². The molecule has 0 amide bonds. The van der Waals surface area contributed by atoms with Crippen molar-refractivity contribution >= 4 is 65.4 Å². The van der Waals surface area contributed by atoms with E-state index in [1.165, 1.54) is 71.0 Å². The van der Waals surface area contributed by atoms with Crippen LogP contribution in [0.4, 0.5) is 0 Å². The lowest BCUT2D eigenvalue weighted by Gasteiger charge is -2.16. The molecule has 4 nitrogen and oxygen atoms in total. The smallest absolute Gasteiger partial charge is 0.0628 e. The summed E-state index contributed by atoms with van der Waals surface area (Å²) in [6.07, 6.45) is 4.40. The van der Waals surface area contributed by atoms with E-state index >= 15 is 0 Å². The third-order valence-corrected chi connectivity index (χ3v) is 11.6. The Morgan fingerprint density at radius 1 is 0.286 bits per heavy atom. The summed E-state index contributed by atoms with van der Waals surface area (Å²) in [5.74, 6) is 0.